The Morgan fingerprint density at radius 1 is 0.577 bits per heavy atom. The second-order valence-electron chi connectivity index (χ2n) is 14.0. The highest BCUT2D eigenvalue weighted by Crippen LogP contribution is 2.15. The van der Waals surface area contributed by atoms with Gasteiger partial charge in [-0.2, -0.15) is 0 Å². The smallest absolute Gasteiger partial charge is 0.135 e. The molecule has 0 aromatic heterocycles. The molecule has 0 aromatic carbocycles. The van der Waals surface area contributed by atoms with Crippen LogP contribution in [0.2, 0.25) is 0 Å². The van der Waals surface area contributed by atoms with Gasteiger partial charge in [0.05, 0.1) is 57.2 Å². The van der Waals surface area contributed by atoms with Crippen molar-refractivity contribution < 1.29 is 56.0 Å². The fraction of sp³-hybridized carbons (Fsp3) is 0.944. The third kappa shape index (κ3) is 37.2. The summed E-state index contributed by atoms with van der Waals surface area (Å²) in [6, 6.07) is 0. The molecule has 0 aliphatic heterocycles. The van der Waals surface area contributed by atoms with E-state index in [2.05, 4.69) is 13.8 Å². The summed E-state index contributed by atoms with van der Waals surface area (Å²) in [6.07, 6.45) is 15.1. The van der Waals surface area contributed by atoms with Crippen LogP contribution in [-0.4, -0.2) is 144 Å². The molecule has 16 heteroatoms. The lowest BCUT2D eigenvalue weighted by molar-refractivity contribution is -0.123. The first-order valence-electron chi connectivity index (χ1n) is 19.4. The van der Waals surface area contributed by atoms with E-state index in [9.17, 15) is 45.7 Å². The highest BCUT2D eigenvalue weighted by Gasteiger charge is 2.17. The lowest BCUT2D eigenvalue weighted by Crippen LogP contribution is -2.38. The number of unbranched alkanes of at least 4 members (excludes halogenated alkanes) is 10. The number of carbonyl (C=O) groups is 2. The first-order chi connectivity index (χ1) is 24.5. The van der Waals surface area contributed by atoms with Crippen LogP contribution < -0.4 is 0 Å². The Bertz CT molecular complexity index is 1090. The molecule has 0 spiro atoms. The molecule has 0 aromatic rings. The van der Waals surface area contributed by atoms with Crippen molar-refractivity contribution in [2.45, 2.75) is 149 Å². The Morgan fingerprint density at radius 2 is 0.962 bits per heavy atom. The summed E-state index contributed by atoms with van der Waals surface area (Å²) >= 11 is 0. The molecule has 14 nitrogen and oxygen atoms in total. The Balaban J connectivity index is 0. The van der Waals surface area contributed by atoms with E-state index in [4.69, 9.17) is 10.2 Å². The summed E-state index contributed by atoms with van der Waals surface area (Å²) in [7, 11) is -8.97. The lowest BCUT2D eigenvalue weighted by Gasteiger charge is -2.25. The summed E-state index contributed by atoms with van der Waals surface area (Å²) in [6.45, 7) is 7.48. The number of aliphatic hydroxyl groups is 4. The molecule has 0 bridgehead atoms. The largest absolute Gasteiger partial charge is 0.748 e. The minimum absolute atomic E-state index is 0.00671. The monoisotopic (exact) mass is 788 g/mol. The van der Waals surface area contributed by atoms with Gasteiger partial charge in [-0.1, -0.05) is 91.4 Å². The second-order valence-corrected chi connectivity index (χ2v) is 16.9. The van der Waals surface area contributed by atoms with Crippen molar-refractivity contribution in [3.8, 4) is 0 Å². The van der Waals surface area contributed by atoms with Crippen molar-refractivity contribution in [1.29, 1.82) is 0 Å². The predicted octanol–water partition coefficient (Wildman–Crippen LogP) is 3.21. The van der Waals surface area contributed by atoms with E-state index in [0.29, 0.717) is 45.2 Å². The Hall–Kier alpha value is -1.08. The zero-order valence-corrected chi connectivity index (χ0v) is 33.9. The van der Waals surface area contributed by atoms with Crippen LogP contribution in [0.15, 0.2) is 0 Å². The van der Waals surface area contributed by atoms with Gasteiger partial charge < -0.3 is 29.5 Å². The van der Waals surface area contributed by atoms with E-state index < -0.39 is 43.9 Å². The molecule has 4 N–H and O–H groups in total. The molecule has 0 fully saturated rings. The van der Waals surface area contributed by atoms with Crippen molar-refractivity contribution in [3.63, 3.8) is 0 Å². The number of carbonyl (C=O) groups excluding carboxylic acids is 2. The van der Waals surface area contributed by atoms with Gasteiger partial charge in [0.2, 0.25) is 0 Å². The quantitative estimate of drug-likeness (QED) is 0.0533. The first-order valence-corrected chi connectivity index (χ1v) is 22.6. The maximum absolute atomic E-state index is 12.3. The van der Waals surface area contributed by atoms with E-state index >= 15 is 0 Å². The van der Waals surface area contributed by atoms with Crippen LogP contribution in [0.1, 0.15) is 136 Å². The Kier molecular flexibility index (Phi) is 33.9. The standard InChI is InChI=1S/C20H41NO6S.C16H33NO6S/c1-3-4-5-6-7-8-9-11-18(2)20(24)12-10-13-21(14-15-22)16-19(23)17-28(25,26)27;1-2-3-4-5-6-8-15(19)9-7-10-17(11-12-18)13-16(20)14-24(21,22)23/h18-19,22-23H,3-17H2,1-2H3,(H,25,26,27);16,18,20H,2-14H2,1H3,(H,21,22,23)/p-2. The van der Waals surface area contributed by atoms with Gasteiger partial charge in [0.1, 0.15) is 11.6 Å². The highest BCUT2D eigenvalue weighted by molar-refractivity contribution is 7.85. The molecule has 0 aliphatic rings. The molecule has 312 valence electrons. The SMILES string of the molecule is CCCCCCCC(=O)CCCN(CCO)CC(O)CS(=O)(=O)[O-].CCCCCCCCCC(C)C(=O)CCCN(CCO)CC(O)CS(=O)(=O)[O-]. The van der Waals surface area contributed by atoms with Gasteiger partial charge >= 0.3 is 0 Å². The van der Waals surface area contributed by atoms with Crippen molar-refractivity contribution in [3.05, 3.63) is 0 Å². The van der Waals surface area contributed by atoms with Gasteiger partial charge in [0, 0.05) is 51.4 Å². The van der Waals surface area contributed by atoms with Crippen LogP contribution in [0.4, 0.5) is 0 Å². The van der Waals surface area contributed by atoms with Crippen molar-refractivity contribution in [2.24, 2.45) is 5.92 Å². The van der Waals surface area contributed by atoms with Gasteiger partial charge in [0.25, 0.3) is 0 Å². The summed E-state index contributed by atoms with van der Waals surface area (Å²) in [5.74, 6) is -1.22. The van der Waals surface area contributed by atoms with Crippen molar-refractivity contribution >= 4 is 31.8 Å². The van der Waals surface area contributed by atoms with Crippen LogP contribution in [-0.2, 0) is 29.8 Å². The molecule has 0 radical (unpaired) electrons. The molecule has 3 unspecified atom stereocenters. The first kappa shape index (κ1) is 53.0. The van der Waals surface area contributed by atoms with Crippen molar-refractivity contribution in [1.82, 2.24) is 9.80 Å². The fourth-order valence-electron chi connectivity index (χ4n) is 5.89. The molecule has 0 amide bonds. The van der Waals surface area contributed by atoms with Gasteiger partial charge in [-0.05, 0) is 38.8 Å². The second kappa shape index (κ2) is 33.3. The average Bonchev–Trinajstić information content (AvgIpc) is 3.02. The molecule has 0 heterocycles. The van der Waals surface area contributed by atoms with E-state index in [1.54, 1.807) is 9.80 Å². The number of nitrogens with zero attached hydrogens (tertiary/aromatic N) is 2. The normalized spacial score (nSPS) is 13.9. The maximum atomic E-state index is 12.3. The van der Waals surface area contributed by atoms with E-state index in [1.165, 1.54) is 51.4 Å². The number of hydrogen-bond acceptors (Lipinski definition) is 14. The zero-order valence-electron chi connectivity index (χ0n) is 32.3. The van der Waals surface area contributed by atoms with Crippen LogP contribution in [0, 0.1) is 5.92 Å². The summed E-state index contributed by atoms with van der Waals surface area (Å²) in [4.78, 5) is 27.4. The summed E-state index contributed by atoms with van der Waals surface area (Å²) in [5.41, 5.74) is 0. The van der Waals surface area contributed by atoms with E-state index in [-0.39, 0.29) is 56.9 Å². The highest BCUT2D eigenvalue weighted by atomic mass is 32.2. The fourth-order valence-corrected chi connectivity index (χ4v) is 7.04. The molecule has 0 rings (SSSR count). The van der Waals surface area contributed by atoms with E-state index in [1.807, 2.05) is 6.92 Å². The molecular weight excluding hydrogens is 717 g/mol. The van der Waals surface area contributed by atoms with Crippen molar-refractivity contribution in [2.75, 3.05) is 64.0 Å². The third-order valence-electron chi connectivity index (χ3n) is 8.74. The number of aliphatic hydroxyl groups excluding tert-OH is 4. The number of hydrogen-bond donors (Lipinski definition) is 4. The van der Waals surface area contributed by atoms with Gasteiger partial charge in [-0.15, -0.1) is 0 Å². The molecule has 0 saturated heterocycles. The zero-order chi connectivity index (χ0) is 39.8. The van der Waals surface area contributed by atoms with Gasteiger partial charge in [0.15, 0.2) is 0 Å². The number of rotatable bonds is 35. The molecule has 3 atom stereocenters. The molecule has 52 heavy (non-hydrogen) atoms. The van der Waals surface area contributed by atoms with Crippen LogP contribution >= 0.6 is 0 Å². The molecule has 0 saturated carbocycles. The maximum Gasteiger partial charge on any atom is 0.135 e. The topological polar surface area (TPSA) is 236 Å². The predicted molar refractivity (Wildman–Crippen MR) is 202 cm³/mol. The summed E-state index contributed by atoms with van der Waals surface area (Å²) in [5, 5.41) is 37.4. The Morgan fingerprint density at radius 3 is 1.38 bits per heavy atom. The minimum atomic E-state index is -4.49. The van der Waals surface area contributed by atoms with Crippen LogP contribution in [0.5, 0.6) is 0 Å². The summed E-state index contributed by atoms with van der Waals surface area (Å²) < 4.78 is 64.0. The van der Waals surface area contributed by atoms with E-state index in [0.717, 1.165) is 32.1 Å². The Labute approximate surface area is 315 Å². The number of Topliss-reactive ketones (excluding diaryl/α,β-unsaturated/α-hetero) is 2. The third-order valence-corrected chi connectivity index (χ3v) is 10.3. The molecule has 0 aliphatic carbocycles. The molecular formula is C36H72N2O12S2-2. The minimum Gasteiger partial charge on any atom is -0.748 e. The van der Waals surface area contributed by atoms with Gasteiger partial charge in [-0.25, -0.2) is 16.8 Å². The van der Waals surface area contributed by atoms with Crippen LogP contribution in [0.3, 0.4) is 0 Å². The van der Waals surface area contributed by atoms with Crippen LogP contribution in [0.25, 0.3) is 0 Å². The average molecular weight is 789 g/mol. The number of ketones is 2. The lowest BCUT2D eigenvalue weighted by atomic mass is 9.95. The van der Waals surface area contributed by atoms with Gasteiger partial charge in [-0.3, -0.25) is 19.4 Å².